The van der Waals surface area contributed by atoms with Gasteiger partial charge in [0.05, 0.1) is 16.7 Å². The quantitative estimate of drug-likeness (QED) is 0.537. The van der Waals surface area contributed by atoms with Crippen LogP contribution >= 0.6 is 15.9 Å². The number of nitrogens with one attached hydrogen (secondary N) is 1. The molecule has 0 unspecified atom stereocenters. The van der Waals surface area contributed by atoms with Gasteiger partial charge in [-0.25, -0.2) is 4.98 Å². The van der Waals surface area contributed by atoms with Crippen LogP contribution in [0.15, 0.2) is 53.5 Å². The first-order valence-corrected chi connectivity index (χ1v) is 7.33. The van der Waals surface area contributed by atoms with Crippen LogP contribution in [0.4, 0.5) is 5.69 Å². The van der Waals surface area contributed by atoms with Crippen molar-refractivity contribution in [3.8, 4) is 0 Å². The predicted molar refractivity (Wildman–Crippen MR) is 90.4 cm³/mol. The second kappa shape index (κ2) is 5.25. The number of aryl methyl sites for hydroxylation is 1. The van der Waals surface area contributed by atoms with Crippen molar-refractivity contribution in [2.75, 3.05) is 11.9 Å². The summed E-state index contributed by atoms with van der Waals surface area (Å²) in [5.74, 6) is 0. The number of pyridine rings is 1. The molecule has 2 aromatic carbocycles. The summed E-state index contributed by atoms with van der Waals surface area (Å²) in [4.78, 5) is 4.77. The van der Waals surface area contributed by atoms with Gasteiger partial charge in [0, 0.05) is 21.8 Å². The van der Waals surface area contributed by atoms with Crippen LogP contribution in [0, 0.1) is 6.92 Å². The molecule has 0 fully saturated rings. The van der Waals surface area contributed by atoms with Gasteiger partial charge in [0.2, 0.25) is 0 Å². The van der Waals surface area contributed by atoms with Crippen LogP contribution in [0.5, 0.6) is 0 Å². The lowest BCUT2D eigenvalue weighted by molar-refractivity contribution is 1.35. The Hall–Kier alpha value is -1.87. The molecule has 1 aromatic heterocycles. The van der Waals surface area contributed by atoms with Gasteiger partial charge >= 0.3 is 0 Å². The molecule has 100 valence electrons. The Labute approximate surface area is 126 Å². The molecule has 0 saturated carbocycles. The summed E-state index contributed by atoms with van der Waals surface area (Å²) in [5.41, 5.74) is 4.31. The monoisotopic (exact) mass is 326 g/mol. The molecule has 0 aliphatic carbocycles. The van der Waals surface area contributed by atoms with Gasteiger partial charge < -0.3 is 5.32 Å². The van der Waals surface area contributed by atoms with Crippen LogP contribution in [0.2, 0.25) is 0 Å². The zero-order valence-electron chi connectivity index (χ0n) is 11.3. The first-order valence-electron chi connectivity index (χ1n) is 6.54. The number of aromatic nitrogens is 1. The predicted octanol–water partition coefficient (Wildman–Crippen LogP) is 5.06. The lowest BCUT2D eigenvalue weighted by atomic mass is 10.1. The summed E-state index contributed by atoms with van der Waals surface area (Å²) in [6, 6.07) is 12.5. The van der Waals surface area contributed by atoms with Crippen molar-refractivity contribution in [1.29, 1.82) is 0 Å². The summed E-state index contributed by atoms with van der Waals surface area (Å²) < 4.78 is 1.03. The Morgan fingerprint density at radius 1 is 1.25 bits per heavy atom. The molecule has 0 atom stereocenters. The molecule has 3 heteroatoms. The van der Waals surface area contributed by atoms with Crippen molar-refractivity contribution in [2.45, 2.75) is 6.92 Å². The Morgan fingerprint density at radius 3 is 2.85 bits per heavy atom. The Morgan fingerprint density at radius 2 is 2.05 bits per heavy atom. The molecule has 0 radical (unpaired) electrons. The van der Waals surface area contributed by atoms with E-state index in [-0.39, 0.29) is 0 Å². The number of halogens is 1. The molecule has 1 heterocycles. The zero-order valence-corrected chi connectivity index (χ0v) is 12.9. The summed E-state index contributed by atoms with van der Waals surface area (Å²) in [6.07, 6.45) is 1.87. The fraction of sp³-hybridized carbons (Fsp3) is 0.118. The van der Waals surface area contributed by atoms with E-state index in [9.17, 15) is 0 Å². The fourth-order valence-corrected chi connectivity index (χ4v) is 3.11. The molecule has 0 amide bonds. The molecule has 3 rings (SSSR count). The smallest absolute Gasteiger partial charge is 0.0872 e. The SMILES string of the molecule is C=CCNc1c2ccccc2nc2c(Br)cc(C)cc12. The molecular formula is C17H15BrN2. The van der Waals surface area contributed by atoms with Crippen LogP contribution in [-0.4, -0.2) is 11.5 Å². The summed E-state index contributed by atoms with van der Waals surface area (Å²) in [7, 11) is 0. The minimum Gasteiger partial charge on any atom is -0.380 e. The minimum absolute atomic E-state index is 0.731. The van der Waals surface area contributed by atoms with Gasteiger partial charge in [-0.2, -0.15) is 0 Å². The van der Waals surface area contributed by atoms with Gasteiger partial charge in [0.1, 0.15) is 0 Å². The van der Waals surface area contributed by atoms with E-state index in [0.29, 0.717) is 0 Å². The van der Waals surface area contributed by atoms with Crippen molar-refractivity contribution in [1.82, 2.24) is 4.98 Å². The van der Waals surface area contributed by atoms with Crippen LogP contribution < -0.4 is 5.32 Å². The number of nitrogens with zero attached hydrogens (tertiary/aromatic N) is 1. The van der Waals surface area contributed by atoms with E-state index in [4.69, 9.17) is 4.98 Å². The highest BCUT2D eigenvalue weighted by Crippen LogP contribution is 2.34. The van der Waals surface area contributed by atoms with Crippen molar-refractivity contribution < 1.29 is 0 Å². The van der Waals surface area contributed by atoms with Crippen molar-refractivity contribution in [2.24, 2.45) is 0 Å². The number of hydrogen-bond acceptors (Lipinski definition) is 2. The number of fused-ring (bicyclic) bond motifs is 2. The van der Waals surface area contributed by atoms with E-state index in [2.05, 4.69) is 52.9 Å². The van der Waals surface area contributed by atoms with E-state index in [0.717, 1.165) is 38.5 Å². The van der Waals surface area contributed by atoms with Gasteiger partial charge in [-0.3, -0.25) is 0 Å². The van der Waals surface area contributed by atoms with Crippen molar-refractivity contribution >= 4 is 43.4 Å². The zero-order chi connectivity index (χ0) is 14.1. The molecule has 2 nitrogen and oxygen atoms in total. The molecule has 0 aliphatic rings. The van der Waals surface area contributed by atoms with Gasteiger partial charge in [-0.1, -0.05) is 24.3 Å². The Kier molecular flexibility index (Phi) is 3.45. The summed E-state index contributed by atoms with van der Waals surface area (Å²) >= 11 is 3.63. The maximum Gasteiger partial charge on any atom is 0.0872 e. The number of anilines is 1. The number of hydrogen-bond donors (Lipinski definition) is 1. The molecule has 0 spiro atoms. The molecule has 0 bridgehead atoms. The fourth-order valence-electron chi connectivity index (χ4n) is 2.45. The van der Waals surface area contributed by atoms with Crippen molar-refractivity contribution in [3.63, 3.8) is 0 Å². The second-order valence-corrected chi connectivity index (χ2v) is 5.67. The highest BCUT2D eigenvalue weighted by Gasteiger charge is 2.11. The van der Waals surface area contributed by atoms with Gasteiger partial charge in [-0.15, -0.1) is 6.58 Å². The van der Waals surface area contributed by atoms with Gasteiger partial charge in [0.25, 0.3) is 0 Å². The maximum atomic E-state index is 4.77. The second-order valence-electron chi connectivity index (χ2n) is 4.82. The molecule has 3 aromatic rings. The Balaban J connectivity index is 2.44. The van der Waals surface area contributed by atoms with E-state index in [1.165, 1.54) is 5.56 Å². The third-order valence-electron chi connectivity index (χ3n) is 3.31. The van der Waals surface area contributed by atoms with Crippen molar-refractivity contribution in [3.05, 3.63) is 59.1 Å². The maximum absolute atomic E-state index is 4.77. The average Bonchev–Trinajstić information content (AvgIpc) is 2.44. The van der Waals surface area contributed by atoms with E-state index in [1.54, 1.807) is 0 Å². The van der Waals surface area contributed by atoms with Crippen LogP contribution in [0.3, 0.4) is 0 Å². The lowest BCUT2D eigenvalue weighted by Crippen LogP contribution is -2.01. The highest BCUT2D eigenvalue weighted by atomic mass is 79.9. The molecule has 0 saturated heterocycles. The minimum atomic E-state index is 0.731. The van der Waals surface area contributed by atoms with E-state index < -0.39 is 0 Å². The van der Waals surface area contributed by atoms with Gasteiger partial charge in [0.15, 0.2) is 0 Å². The van der Waals surface area contributed by atoms with Gasteiger partial charge in [-0.05, 0) is 46.6 Å². The highest BCUT2D eigenvalue weighted by molar-refractivity contribution is 9.10. The molecule has 0 aliphatic heterocycles. The molecule has 20 heavy (non-hydrogen) atoms. The third-order valence-corrected chi connectivity index (χ3v) is 3.91. The summed E-state index contributed by atoms with van der Waals surface area (Å²) in [6.45, 7) is 6.61. The number of rotatable bonds is 3. The third kappa shape index (κ3) is 2.18. The molecular weight excluding hydrogens is 312 g/mol. The van der Waals surface area contributed by atoms with Crippen LogP contribution in [-0.2, 0) is 0 Å². The standard InChI is InChI=1S/C17H15BrN2/c1-3-8-19-16-12-6-4-5-7-15(12)20-17-13(16)9-11(2)10-14(17)18/h3-7,9-10H,1,8H2,2H3,(H,19,20). The Bertz CT molecular complexity index is 809. The van der Waals surface area contributed by atoms with Crippen LogP contribution in [0.1, 0.15) is 5.56 Å². The first-order chi connectivity index (χ1) is 9.70. The largest absolute Gasteiger partial charge is 0.380 e. The summed E-state index contributed by atoms with van der Waals surface area (Å²) in [5, 5.41) is 5.73. The van der Waals surface area contributed by atoms with E-state index in [1.807, 2.05) is 24.3 Å². The molecule has 1 N–H and O–H groups in total. The topological polar surface area (TPSA) is 24.9 Å². The first kappa shape index (κ1) is 13.1. The average molecular weight is 327 g/mol. The normalized spacial score (nSPS) is 10.9. The van der Waals surface area contributed by atoms with E-state index >= 15 is 0 Å². The number of benzene rings is 2. The lowest BCUT2D eigenvalue weighted by Gasteiger charge is -2.13. The number of para-hydroxylation sites is 1. The van der Waals surface area contributed by atoms with Crippen LogP contribution in [0.25, 0.3) is 21.8 Å².